The highest BCUT2D eigenvalue weighted by atomic mass is 79.9. The highest BCUT2D eigenvalue weighted by Gasteiger charge is 2.25. The maximum Gasteiger partial charge on any atom is 0.335 e. The molecule has 1 aromatic heterocycles. The van der Waals surface area contributed by atoms with Crippen molar-refractivity contribution in [1.29, 1.82) is 0 Å². The zero-order chi connectivity index (χ0) is 15.6. The van der Waals surface area contributed by atoms with Crippen molar-refractivity contribution in [2.24, 2.45) is 0 Å². The monoisotopic (exact) mass is 374 g/mol. The third-order valence-corrected chi connectivity index (χ3v) is 5.48. The van der Waals surface area contributed by atoms with E-state index < -0.39 is 16.0 Å². The third kappa shape index (κ3) is 3.28. The Bertz CT molecular complexity index is 761. The van der Waals surface area contributed by atoms with Crippen molar-refractivity contribution in [3.8, 4) is 0 Å². The van der Waals surface area contributed by atoms with Crippen molar-refractivity contribution in [1.82, 2.24) is 19.5 Å². The molecule has 112 valence electrons. The van der Waals surface area contributed by atoms with Crippen molar-refractivity contribution in [2.75, 3.05) is 7.05 Å². The topological polar surface area (TPSA) is 116 Å². The van der Waals surface area contributed by atoms with Crippen LogP contribution >= 0.6 is 15.9 Å². The summed E-state index contributed by atoms with van der Waals surface area (Å²) in [5.41, 5.74) is -0.00119. The Kier molecular flexibility index (Phi) is 4.40. The molecule has 2 rings (SSSR count). The molecule has 10 heteroatoms. The van der Waals surface area contributed by atoms with Crippen LogP contribution in [0, 0.1) is 0 Å². The lowest BCUT2D eigenvalue weighted by Gasteiger charge is -2.17. The molecule has 0 unspecified atom stereocenters. The van der Waals surface area contributed by atoms with Crippen molar-refractivity contribution < 1.29 is 18.3 Å². The number of carboxylic acids is 1. The first-order chi connectivity index (χ1) is 9.82. The summed E-state index contributed by atoms with van der Waals surface area (Å²) in [7, 11) is -2.38. The lowest BCUT2D eigenvalue weighted by Crippen LogP contribution is -2.27. The molecule has 1 aromatic carbocycles. The fourth-order valence-corrected chi connectivity index (χ4v) is 3.78. The summed E-state index contributed by atoms with van der Waals surface area (Å²) in [4.78, 5) is 14.7. The molecule has 8 nitrogen and oxygen atoms in total. The van der Waals surface area contributed by atoms with Crippen molar-refractivity contribution in [3.05, 3.63) is 40.4 Å². The first kappa shape index (κ1) is 15.6. The fraction of sp³-hybridized carbons (Fsp3) is 0.182. The summed E-state index contributed by atoms with van der Waals surface area (Å²) >= 11 is 3.09. The quantitative estimate of drug-likeness (QED) is 0.808. The van der Waals surface area contributed by atoms with Gasteiger partial charge in [0.1, 0.15) is 12.2 Å². The van der Waals surface area contributed by atoms with Gasteiger partial charge in [0.2, 0.25) is 10.0 Å². The van der Waals surface area contributed by atoms with Crippen LogP contribution in [-0.2, 0) is 16.6 Å². The van der Waals surface area contributed by atoms with Gasteiger partial charge in [0.05, 0.1) is 17.0 Å². The molecule has 0 spiro atoms. The van der Waals surface area contributed by atoms with Crippen LogP contribution in [-0.4, -0.2) is 46.0 Å². The number of sulfonamides is 1. The predicted octanol–water partition coefficient (Wildman–Crippen LogP) is 1.09. The van der Waals surface area contributed by atoms with Gasteiger partial charge >= 0.3 is 5.97 Å². The maximum absolute atomic E-state index is 12.4. The average Bonchev–Trinajstić information content (AvgIpc) is 2.90. The molecule has 0 atom stereocenters. The number of carbonyl (C=O) groups is 1. The Balaban J connectivity index is 2.33. The third-order valence-electron chi connectivity index (χ3n) is 2.70. The van der Waals surface area contributed by atoms with Gasteiger partial charge < -0.3 is 5.11 Å². The Morgan fingerprint density at radius 3 is 2.71 bits per heavy atom. The van der Waals surface area contributed by atoms with E-state index in [0.717, 1.165) is 4.31 Å². The number of benzene rings is 1. The second-order valence-corrected chi connectivity index (χ2v) is 7.01. The van der Waals surface area contributed by atoms with Crippen LogP contribution in [0.25, 0.3) is 0 Å². The highest BCUT2D eigenvalue weighted by Crippen LogP contribution is 2.26. The van der Waals surface area contributed by atoms with E-state index in [1.54, 1.807) is 0 Å². The number of aromatic amines is 1. The van der Waals surface area contributed by atoms with Gasteiger partial charge in [0.15, 0.2) is 0 Å². The van der Waals surface area contributed by atoms with E-state index in [9.17, 15) is 13.2 Å². The molecule has 2 N–H and O–H groups in total. The summed E-state index contributed by atoms with van der Waals surface area (Å²) in [6.07, 6.45) is 1.29. The van der Waals surface area contributed by atoms with Crippen LogP contribution in [0.1, 0.15) is 16.2 Å². The molecule has 0 bridgehead atoms. The van der Waals surface area contributed by atoms with E-state index in [4.69, 9.17) is 5.11 Å². The molecule has 0 radical (unpaired) electrons. The maximum atomic E-state index is 12.4. The Morgan fingerprint density at radius 2 is 2.19 bits per heavy atom. The summed E-state index contributed by atoms with van der Waals surface area (Å²) in [6.45, 7) is 0.0233. The van der Waals surface area contributed by atoms with Gasteiger partial charge in [-0.25, -0.2) is 18.2 Å². The molecule has 0 aliphatic rings. The standard InChI is InChI=1S/C11H11BrN4O4S/c1-16(5-10-13-6-14-15-10)21(19,20)9-3-2-7(11(17)18)4-8(9)12/h2-4,6H,5H2,1H3,(H,17,18)(H,13,14,15). The summed E-state index contributed by atoms with van der Waals surface area (Å²) in [6, 6.07) is 3.74. The Morgan fingerprint density at radius 1 is 1.48 bits per heavy atom. The molecular weight excluding hydrogens is 364 g/mol. The van der Waals surface area contributed by atoms with Crippen molar-refractivity contribution in [3.63, 3.8) is 0 Å². The van der Waals surface area contributed by atoms with Gasteiger partial charge in [-0.1, -0.05) is 0 Å². The number of carboxylic acid groups (broad SMARTS) is 1. The number of rotatable bonds is 5. The van der Waals surface area contributed by atoms with E-state index in [1.807, 2.05) is 0 Å². The first-order valence-electron chi connectivity index (χ1n) is 5.66. The molecule has 0 fully saturated rings. The molecule has 0 aliphatic carbocycles. The zero-order valence-corrected chi connectivity index (χ0v) is 13.2. The van der Waals surface area contributed by atoms with Gasteiger partial charge in [-0.15, -0.1) is 0 Å². The second-order valence-electron chi connectivity index (χ2n) is 4.14. The predicted molar refractivity (Wildman–Crippen MR) is 76.1 cm³/mol. The number of nitrogens with one attached hydrogen (secondary N) is 1. The Hall–Kier alpha value is -1.78. The smallest absolute Gasteiger partial charge is 0.335 e. The largest absolute Gasteiger partial charge is 0.478 e. The number of aromatic carboxylic acids is 1. The number of nitrogens with zero attached hydrogens (tertiary/aromatic N) is 3. The molecule has 2 aromatic rings. The normalized spacial score (nSPS) is 11.8. The molecule has 1 heterocycles. The fourth-order valence-electron chi connectivity index (χ4n) is 1.61. The van der Waals surface area contributed by atoms with Crippen molar-refractivity contribution in [2.45, 2.75) is 11.4 Å². The van der Waals surface area contributed by atoms with E-state index in [1.165, 1.54) is 31.6 Å². The van der Waals surface area contributed by atoms with Gasteiger partial charge in [-0.05, 0) is 34.1 Å². The molecule has 0 amide bonds. The molecular formula is C11H11BrN4O4S. The van der Waals surface area contributed by atoms with Crippen LogP contribution in [0.3, 0.4) is 0 Å². The van der Waals surface area contributed by atoms with E-state index in [0.29, 0.717) is 5.82 Å². The molecule has 0 saturated heterocycles. The Labute approximate surface area is 129 Å². The number of halogens is 1. The van der Waals surface area contributed by atoms with Gasteiger partial charge in [0, 0.05) is 11.5 Å². The van der Waals surface area contributed by atoms with Crippen LogP contribution in [0.5, 0.6) is 0 Å². The molecule has 0 aliphatic heterocycles. The number of hydrogen-bond donors (Lipinski definition) is 2. The number of hydrogen-bond acceptors (Lipinski definition) is 5. The van der Waals surface area contributed by atoms with Crippen LogP contribution in [0.15, 0.2) is 33.9 Å². The van der Waals surface area contributed by atoms with Crippen molar-refractivity contribution >= 4 is 31.9 Å². The lowest BCUT2D eigenvalue weighted by molar-refractivity contribution is 0.0696. The average molecular weight is 375 g/mol. The lowest BCUT2D eigenvalue weighted by atomic mass is 10.2. The van der Waals surface area contributed by atoms with Crippen LogP contribution in [0.4, 0.5) is 0 Å². The highest BCUT2D eigenvalue weighted by molar-refractivity contribution is 9.10. The molecule has 21 heavy (non-hydrogen) atoms. The SMILES string of the molecule is CN(Cc1ncn[nH]1)S(=O)(=O)c1ccc(C(=O)O)cc1Br. The molecule has 0 saturated carbocycles. The van der Waals surface area contributed by atoms with Gasteiger partial charge in [0.25, 0.3) is 0 Å². The van der Waals surface area contributed by atoms with Gasteiger partial charge in [-0.3, -0.25) is 5.10 Å². The van der Waals surface area contributed by atoms with E-state index in [2.05, 4.69) is 31.1 Å². The van der Waals surface area contributed by atoms with Gasteiger partial charge in [-0.2, -0.15) is 9.40 Å². The summed E-state index contributed by atoms with van der Waals surface area (Å²) < 4.78 is 26.2. The van der Waals surface area contributed by atoms with Crippen LogP contribution in [0.2, 0.25) is 0 Å². The number of aromatic nitrogens is 3. The summed E-state index contributed by atoms with van der Waals surface area (Å²) in [5, 5.41) is 15.1. The minimum absolute atomic E-state index is 0.00119. The van der Waals surface area contributed by atoms with E-state index in [-0.39, 0.29) is 21.5 Å². The number of H-pyrrole nitrogens is 1. The minimum Gasteiger partial charge on any atom is -0.478 e. The minimum atomic E-state index is -3.78. The van der Waals surface area contributed by atoms with E-state index >= 15 is 0 Å². The second kappa shape index (κ2) is 5.92. The summed E-state index contributed by atoms with van der Waals surface area (Å²) in [5.74, 6) is -0.728. The first-order valence-corrected chi connectivity index (χ1v) is 7.89. The van der Waals surface area contributed by atoms with Crippen LogP contribution < -0.4 is 0 Å². The zero-order valence-electron chi connectivity index (χ0n) is 10.8.